The Bertz CT molecular complexity index is 1000. The van der Waals surface area contributed by atoms with Crippen LogP contribution in [0, 0.1) is 39.4 Å². The lowest BCUT2D eigenvalue weighted by Gasteiger charge is -2.59. The fraction of sp³-hybridized carbons (Fsp3) is 0.800. The van der Waals surface area contributed by atoms with Gasteiger partial charge in [0.1, 0.15) is 5.78 Å². The van der Waals surface area contributed by atoms with Crippen molar-refractivity contribution in [2.75, 3.05) is 0 Å². The van der Waals surface area contributed by atoms with Gasteiger partial charge in [0.15, 0.2) is 0 Å². The summed E-state index contributed by atoms with van der Waals surface area (Å²) >= 11 is 0. The SMILES string of the molecule is CC(C)(O)[C@H](O)CC[C@@H](C(=O)O)[C@H]1[C@H](O)C[C@@]2(C)C3=CC[C@H]4C(C)(C)C(=O)CC[C@]4(C)C3=CC[C@]12C. The van der Waals surface area contributed by atoms with Gasteiger partial charge in [-0.3, -0.25) is 9.59 Å². The molecule has 0 spiro atoms. The van der Waals surface area contributed by atoms with Gasteiger partial charge in [0.25, 0.3) is 0 Å². The Morgan fingerprint density at radius 2 is 1.75 bits per heavy atom. The third-order valence-electron chi connectivity index (χ3n) is 11.4. The van der Waals surface area contributed by atoms with Crippen molar-refractivity contribution in [2.45, 2.75) is 111 Å². The second-order valence-electron chi connectivity index (χ2n) is 14.0. The minimum atomic E-state index is -1.31. The van der Waals surface area contributed by atoms with E-state index >= 15 is 0 Å². The number of aliphatic hydroxyl groups is 3. The summed E-state index contributed by atoms with van der Waals surface area (Å²) in [5.41, 5.74) is -0.120. The van der Waals surface area contributed by atoms with Crippen molar-refractivity contribution in [3.8, 4) is 0 Å². The molecule has 0 heterocycles. The molecule has 6 heteroatoms. The smallest absolute Gasteiger partial charge is 0.306 e. The quantitative estimate of drug-likeness (QED) is 0.420. The summed E-state index contributed by atoms with van der Waals surface area (Å²) in [6, 6.07) is 0. The predicted molar refractivity (Wildman–Crippen MR) is 138 cm³/mol. The van der Waals surface area contributed by atoms with Crippen molar-refractivity contribution in [2.24, 2.45) is 39.4 Å². The van der Waals surface area contributed by atoms with E-state index in [9.17, 15) is 30.0 Å². The van der Waals surface area contributed by atoms with Crippen molar-refractivity contribution in [3.63, 3.8) is 0 Å². The van der Waals surface area contributed by atoms with Gasteiger partial charge < -0.3 is 20.4 Å². The molecule has 36 heavy (non-hydrogen) atoms. The second-order valence-corrected chi connectivity index (χ2v) is 14.0. The molecule has 0 aliphatic heterocycles. The molecule has 0 aromatic rings. The fourth-order valence-corrected chi connectivity index (χ4v) is 8.78. The second kappa shape index (κ2) is 8.51. The van der Waals surface area contributed by atoms with Gasteiger partial charge in [0.2, 0.25) is 0 Å². The highest BCUT2D eigenvalue weighted by atomic mass is 16.4. The highest BCUT2D eigenvalue weighted by Gasteiger charge is 2.66. The largest absolute Gasteiger partial charge is 0.481 e. The highest BCUT2D eigenvalue weighted by molar-refractivity contribution is 5.86. The maximum Gasteiger partial charge on any atom is 0.306 e. The summed E-state index contributed by atoms with van der Waals surface area (Å²) in [4.78, 5) is 25.3. The first-order valence-electron chi connectivity index (χ1n) is 13.7. The van der Waals surface area contributed by atoms with Crippen molar-refractivity contribution >= 4 is 11.8 Å². The molecule has 0 bridgehead atoms. The Morgan fingerprint density at radius 1 is 1.11 bits per heavy atom. The van der Waals surface area contributed by atoms with Crippen LogP contribution in [0.25, 0.3) is 0 Å². The van der Waals surface area contributed by atoms with Crippen molar-refractivity contribution in [1.82, 2.24) is 0 Å². The van der Waals surface area contributed by atoms with E-state index in [-0.39, 0.29) is 35.0 Å². The Hall–Kier alpha value is -1.50. The molecule has 4 aliphatic rings. The molecule has 6 nitrogen and oxygen atoms in total. The Balaban J connectivity index is 1.71. The first-order valence-corrected chi connectivity index (χ1v) is 13.7. The molecule has 0 aromatic heterocycles. The number of fused-ring (bicyclic) bond motifs is 5. The van der Waals surface area contributed by atoms with E-state index in [1.54, 1.807) is 0 Å². The van der Waals surface area contributed by atoms with E-state index in [4.69, 9.17) is 0 Å². The van der Waals surface area contributed by atoms with Gasteiger partial charge in [-0.25, -0.2) is 0 Å². The minimum Gasteiger partial charge on any atom is -0.481 e. The number of carbonyl (C=O) groups excluding carboxylic acids is 1. The topological polar surface area (TPSA) is 115 Å². The van der Waals surface area contributed by atoms with Gasteiger partial charge in [-0.2, -0.15) is 0 Å². The van der Waals surface area contributed by atoms with E-state index in [2.05, 4.69) is 46.8 Å². The van der Waals surface area contributed by atoms with Gasteiger partial charge >= 0.3 is 5.97 Å². The number of carbonyl (C=O) groups is 2. The number of hydrogen-bond donors (Lipinski definition) is 4. The first kappa shape index (κ1) is 27.5. The molecule has 4 aliphatic carbocycles. The number of rotatable bonds is 6. The predicted octanol–water partition coefficient (Wildman–Crippen LogP) is 4.66. The zero-order valence-corrected chi connectivity index (χ0v) is 23.1. The van der Waals surface area contributed by atoms with Gasteiger partial charge in [-0.15, -0.1) is 0 Å². The maximum atomic E-state index is 12.8. The minimum absolute atomic E-state index is 0.113. The van der Waals surface area contributed by atoms with Gasteiger partial charge in [0, 0.05) is 23.2 Å². The van der Waals surface area contributed by atoms with Gasteiger partial charge in [-0.1, -0.05) is 46.8 Å². The molecule has 8 atom stereocenters. The Labute approximate surface area is 215 Å². The Morgan fingerprint density at radius 3 is 2.33 bits per heavy atom. The molecular formula is C30H46O6. The van der Waals surface area contributed by atoms with Gasteiger partial charge in [0.05, 0.1) is 23.7 Å². The lowest BCUT2D eigenvalue weighted by Crippen LogP contribution is -2.53. The van der Waals surface area contributed by atoms with Crippen LogP contribution in [0.3, 0.4) is 0 Å². The number of hydrogen-bond acceptors (Lipinski definition) is 5. The summed E-state index contributed by atoms with van der Waals surface area (Å²) in [5, 5.41) is 42.2. The number of aliphatic carboxylic acids is 1. The van der Waals surface area contributed by atoms with Crippen LogP contribution >= 0.6 is 0 Å². The monoisotopic (exact) mass is 502 g/mol. The zero-order valence-electron chi connectivity index (χ0n) is 23.1. The normalized spacial score (nSPS) is 41.4. The van der Waals surface area contributed by atoms with Crippen LogP contribution in [0.5, 0.6) is 0 Å². The molecule has 202 valence electrons. The van der Waals surface area contributed by atoms with Crippen LogP contribution in [0.15, 0.2) is 23.3 Å². The summed E-state index contributed by atoms with van der Waals surface area (Å²) in [5.74, 6) is -1.69. The summed E-state index contributed by atoms with van der Waals surface area (Å²) in [6.07, 6.45) is 6.51. The van der Waals surface area contributed by atoms with Crippen LogP contribution in [0.4, 0.5) is 0 Å². The van der Waals surface area contributed by atoms with Crippen molar-refractivity contribution < 1.29 is 30.0 Å². The Kier molecular flexibility index (Phi) is 6.50. The molecular weight excluding hydrogens is 456 g/mol. The molecule has 4 N–H and O–H groups in total. The van der Waals surface area contributed by atoms with E-state index in [0.29, 0.717) is 25.0 Å². The number of allylic oxidation sites excluding steroid dienone is 4. The van der Waals surface area contributed by atoms with Gasteiger partial charge in [-0.05, 0) is 80.3 Å². The third kappa shape index (κ3) is 3.77. The zero-order chi connectivity index (χ0) is 27.1. The maximum absolute atomic E-state index is 12.8. The average molecular weight is 503 g/mol. The molecule has 2 fully saturated rings. The summed E-state index contributed by atoms with van der Waals surface area (Å²) < 4.78 is 0. The molecule has 0 unspecified atom stereocenters. The number of ketones is 1. The molecule has 2 saturated carbocycles. The summed E-state index contributed by atoms with van der Waals surface area (Å²) in [6.45, 7) is 13.8. The van der Waals surface area contributed by atoms with Crippen LogP contribution < -0.4 is 0 Å². The number of Topliss-reactive ketones (excluding diaryl/α,β-unsaturated/α-hetero) is 1. The number of carboxylic acid groups (broad SMARTS) is 1. The van der Waals surface area contributed by atoms with Crippen LogP contribution in [-0.4, -0.2) is 50.0 Å². The van der Waals surface area contributed by atoms with E-state index in [1.807, 2.05) is 0 Å². The van der Waals surface area contributed by atoms with E-state index < -0.39 is 41.0 Å². The average Bonchev–Trinajstić information content (AvgIpc) is 2.96. The molecule has 0 aromatic carbocycles. The lowest BCUT2D eigenvalue weighted by molar-refractivity contribution is -0.149. The fourth-order valence-electron chi connectivity index (χ4n) is 8.78. The van der Waals surface area contributed by atoms with Crippen molar-refractivity contribution in [1.29, 1.82) is 0 Å². The van der Waals surface area contributed by atoms with Crippen LogP contribution in [-0.2, 0) is 9.59 Å². The molecule has 0 radical (unpaired) electrons. The molecule has 0 amide bonds. The number of carboxylic acids is 1. The summed E-state index contributed by atoms with van der Waals surface area (Å²) in [7, 11) is 0. The van der Waals surface area contributed by atoms with Crippen molar-refractivity contribution in [3.05, 3.63) is 23.3 Å². The molecule has 0 saturated heterocycles. The van der Waals surface area contributed by atoms with E-state index in [0.717, 1.165) is 12.8 Å². The first-order chi connectivity index (χ1) is 16.4. The standard InChI is InChI=1S/C30H46O6/c1-26(2)21-10-9-19-18(28(21,5)14-13-22(26)32)12-15-29(6)24(20(31)16-30(19,29)7)17(25(34)35)8-11-23(33)27(3,4)36/h9,12,17,20-21,23-24,31,33,36H,8,10-11,13-16H2,1-7H3,(H,34,35)/t17-,20-,21+,23-,24+,28-,29-,30+/m1/s1. The lowest BCUT2D eigenvalue weighted by atomic mass is 9.44. The third-order valence-corrected chi connectivity index (χ3v) is 11.4. The van der Waals surface area contributed by atoms with E-state index in [1.165, 1.54) is 25.0 Å². The number of aliphatic hydroxyl groups excluding tert-OH is 2. The highest BCUT2D eigenvalue weighted by Crippen LogP contribution is 2.71. The van der Waals surface area contributed by atoms with Crippen LogP contribution in [0.2, 0.25) is 0 Å². The van der Waals surface area contributed by atoms with Crippen LogP contribution in [0.1, 0.15) is 93.4 Å². The molecule has 4 rings (SSSR count).